The van der Waals surface area contributed by atoms with Gasteiger partial charge in [-0.1, -0.05) is 0 Å². The zero-order valence-corrected chi connectivity index (χ0v) is 20.9. The summed E-state index contributed by atoms with van der Waals surface area (Å²) in [5.74, 6) is 0.180. The van der Waals surface area contributed by atoms with Gasteiger partial charge in [-0.2, -0.15) is 5.10 Å². The van der Waals surface area contributed by atoms with Crippen molar-refractivity contribution in [2.75, 3.05) is 25.0 Å². The van der Waals surface area contributed by atoms with Crippen LogP contribution in [-0.2, 0) is 11.2 Å². The lowest BCUT2D eigenvalue weighted by atomic mass is 9.87. The number of carbonyl (C=O) groups is 3. The molecule has 0 bridgehead atoms. The van der Waals surface area contributed by atoms with Crippen LogP contribution in [-0.4, -0.2) is 68.5 Å². The summed E-state index contributed by atoms with van der Waals surface area (Å²) in [7, 11) is 0. The highest BCUT2D eigenvalue weighted by molar-refractivity contribution is 6.00. The van der Waals surface area contributed by atoms with Crippen molar-refractivity contribution in [3.63, 3.8) is 0 Å². The fraction of sp³-hybridized carbons (Fsp3) is 0.538. The minimum atomic E-state index is -0.522. The van der Waals surface area contributed by atoms with Crippen LogP contribution in [0.15, 0.2) is 18.2 Å². The van der Waals surface area contributed by atoms with Crippen molar-refractivity contribution >= 4 is 23.4 Å². The van der Waals surface area contributed by atoms with E-state index in [0.717, 1.165) is 24.3 Å². The Morgan fingerprint density at radius 3 is 2.60 bits per heavy atom. The Morgan fingerprint density at radius 2 is 1.97 bits per heavy atom. The molecule has 2 fully saturated rings. The Kier molecular flexibility index (Phi) is 5.61. The molecule has 5 rings (SSSR count). The van der Waals surface area contributed by atoms with Crippen LogP contribution in [0.3, 0.4) is 0 Å². The molecule has 9 nitrogen and oxygen atoms in total. The molecule has 1 aliphatic carbocycles. The Balaban J connectivity index is 1.50. The minimum absolute atomic E-state index is 0.0250. The van der Waals surface area contributed by atoms with E-state index in [9.17, 15) is 14.4 Å². The van der Waals surface area contributed by atoms with Gasteiger partial charge >= 0.3 is 0 Å². The van der Waals surface area contributed by atoms with E-state index in [1.54, 1.807) is 17.9 Å². The van der Waals surface area contributed by atoms with Crippen LogP contribution >= 0.6 is 0 Å². The highest BCUT2D eigenvalue weighted by Crippen LogP contribution is 2.38. The van der Waals surface area contributed by atoms with Crippen molar-refractivity contribution in [3.05, 3.63) is 40.7 Å². The molecule has 3 heterocycles. The molecule has 2 aromatic rings. The van der Waals surface area contributed by atoms with Crippen LogP contribution < -0.4 is 11.1 Å². The number of benzene rings is 1. The number of hydrogen-bond acceptors (Lipinski definition) is 5. The van der Waals surface area contributed by atoms with Gasteiger partial charge in [0.05, 0.1) is 28.2 Å². The molecule has 1 aromatic carbocycles. The molecular weight excluding hydrogens is 444 g/mol. The number of likely N-dealkylation sites (tertiary alicyclic amines) is 1. The number of fused-ring (bicyclic) bond motifs is 1. The van der Waals surface area contributed by atoms with Gasteiger partial charge in [-0.05, 0) is 64.2 Å². The van der Waals surface area contributed by atoms with E-state index >= 15 is 0 Å². The molecule has 2 aliphatic heterocycles. The fourth-order valence-electron chi connectivity index (χ4n) is 5.42. The summed E-state index contributed by atoms with van der Waals surface area (Å²) in [6, 6.07) is 5.42. The molecular formula is C26H34N6O3. The maximum atomic E-state index is 13.6. The maximum absolute atomic E-state index is 13.6. The van der Waals surface area contributed by atoms with Crippen LogP contribution in [0.1, 0.15) is 72.1 Å². The SMILES string of the molecule is CC(=O)N1CC[C@H](Nc2cc(-n3nc(C)c4c3CC(C)(C)N(CC3CC3)C4=O)ccc2C(N)=O)C1. The second-order valence-corrected chi connectivity index (χ2v) is 10.9. The van der Waals surface area contributed by atoms with Gasteiger partial charge in [-0.3, -0.25) is 14.4 Å². The van der Waals surface area contributed by atoms with E-state index in [-0.39, 0.29) is 23.4 Å². The summed E-state index contributed by atoms with van der Waals surface area (Å²) in [6.45, 7) is 9.74. The van der Waals surface area contributed by atoms with Crippen LogP contribution in [0, 0.1) is 12.8 Å². The van der Waals surface area contributed by atoms with Crippen molar-refractivity contribution in [3.8, 4) is 5.69 Å². The second-order valence-electron chi connectivity index (χ2n) is 10.9. The predicted octanol–water partition coefficient (Wildman–Crippen LogP) is 2.50. The molecule has 3 aliphatic rings. The lowest BCUT2D eigenvalue weighted by Crippen LogP contribution is -2.53. The third kappa shape index (κ3) is 4.28. The molecule has 9 heteroatoms. The summed E-state index contributed by atoms with van der Waals surface area (Å²) in [4.78, 5) is 41.3. The highest BCUT2D eigenvalue weighted by atomic mass is 16.2. The van der Waals surface area contributed by atoms with E-state index in [4.69, 9.17) is 10.8 Å². The molecule has 1 aromatic heterocycles. The third-order valence-electron chi connectivity index (χ3n) is 7.59. The van der Waals surface area contributed by atoms with Crippen molar-refractivity contribution in [2.24, 2.45) is 11.7 Å². The van der Waals surface area contributed by atoms with Gasteiger partial charge in [0.25, 0.3) is 11.8 Å². The van der Waals surface area contributed by atoms with Gasteiger partial charge in [0.1, 0.15) is 0 Å². The lowest BCUT2D eigenvalue weighted by molar-refractivity contribution is -0.127. The number of anilines is 1. The van der Waals surface area contributed by atoms with Gasteiger partial charge in [-0.25, -0.2) is 4.68 Å². The summed E-state index contributed by atoms with van der Waals surface area (Å²) >= 11 is 0. The molecule has 3 amide bonds. The van der Waals surface area contributed by atoms with Crippen LogP contribution in [0.2, 0.25) is 0 Å². The quantitative estimate of drug-likeness (QED) is 0.662. The van der Waals surface area contributed by atoms with Gasteiger partial charge < -0.3 is 20.9 Å². The normalized spacial score (nSPS) is 21.3. The summed E-state index contributed by atoms with van der Waals surface area (Å²) in [6.07, 6.45) is 3.87. The predicted molar refractivity (Wildman–Crippen MR) is 133 cm³/mol. The summed E-state index contributed by atoms with van der Waals surface area (Å²) in [5.41, 5.74) is 9.41. The third-order valence-corrected chi connectivity index (χ3v) is 7.59. The average molecular weight is 479 g/mol. The van der Waals surface area contributed by atoms with Gasteiger partial charge in [0.2, 0.25) is 5.91 Å². The molecule has 0 unspecified atom stereocenters. The first-order valence-corrected chi connectivity index (χ1v) is 12.4. The van der Waals surface area contributed by atoms with E-state index in [1.165, 1.54) is 12.8 Å². The van der Waals surface area contributed by atoms with E-state index in [2.05, 4.69) is 19.2 Å². The number of aromatic nitrogens is 2. The largest absolute Gasteiger partial charge is 0.380 e. The molecule has 1 atom stereocenters. The summed E-state index contributed by atoms with van der Waals surface area (Å²) in [5, 5.41) is 8.19. The van der Waals surface area contributed by atoms with Gasteiger partial charge in [-0.15, -0.1) is 0 Å². The number of amides is 3. The van der Waals surface area contributed by atoms with Crippen molar-refractivity contribution < 1.29 is 14.4 Å². The number of primary amides is 1. The zero-order chi connectivity index (χ0) is 25.1. The van der Waals surface area contributed by atoms with Gasteiger partial charge in [0.15, 0.2) is 0 Å². The Bertz CT molecular complexity index is 1210. The van der Waals surface area contributed by atoms with E-state index in [1.807, 2.05) is 28.6 Å². The van der Waals surface area contributed by atoms with E-state index < -0.39 is 5.91 Å². The van der Waals surface area contributed by atoms with Crippen LogP contribution in [0.25, 0.3) is 5.69 Å². The first kappa shape index (κ1) is 23.4. The number of hydrogen-bond donors (Lipinski definition) is 2. The molecule has 35 heavy (non-hydrogen) atoms. The van der Waals surface area contributed by atoms with Crippen LogP contribution in [0.4, 0.5) is 5.69 Å². The maximum Gasteiger partial charge on any atom is 0.258 e. The minimum Gasteiger partial charge on any atom is -0.380 e. The number of aryl methyl sites for hydroxylation is 1. The molecule has 0 spiro atoms. The van der Waals surface area contributed by atoms with Crippen molar-refractivity contribution in [1.82, 2.24) is 19.6 Å². The van der Waals surface area contributed by atoms with Gasteiger partial charge in [0, 0.05) is 50.2 Å². The molecule has 1 saturated carbocycles. The Morgan fingerprint density at radius 1 is 1.23 bits per heavy atom. The highest BCUT2D eigenvalue weighted by Gasteiger charge is 2.43. The lowest BCUT2D eigenvalue weighted by Gasteiger charge is -2.42. The number of nitrogens with zero attached hydrogens (tertiary/aromatic N) is 4. The number of nitrogens with one attached hydrogen (secondary N) is 1. The average Bonchev–Trinajstić information content (AvgIpc) is 3.38. The summed E-state index contributed by atoms with van der Waals surface area (Å²) < 4.78 is 1.84. The fourth-order valence-corrected chi connectivity index (χ4v) is 5.42. The molecule has 3 N–H and O–H groups in total. The first-order chi connectivity index (χ1) is 16.5. The second kappa shape index (κ2) is 8.39. The standard InChI is InChI=1S/C26H34N6O3/c1-15-23-22(12-26(3,4)31(25(23)35)13-17-5-6-17)32(29-15)19-7-8-20(24(27)34)21(11-19)28-18-9-10-30(14-18)16(2)33/h7-8,11,17-18,28H,5-6,9-10,12-14H2,1-4H3,(H2,27,34)/t18-/m0/s1. The number of rotatable bonds is 6. The molecule has 186 valence electrons. The Hall–Kier alpha value is -3.36. The number of carbonyl (C=O) groups excluding carboxylic acids is 3. The Labute approximate surface area is 205 Å². The zero-order valence-electron chi connectivity index (χ0n) is 20.9. The molecule has 0 radical (unpaired) electrons. The molecule has 1 saturated heterocycles. The van der Waals surface area contributed by atoms with Crippen LogP contribution in [0.5, 0.6) is 0 Å². The van der Waals surface area contributed by atoms with Crippen molar-refractivity contribution in [1.29, 1.82) is 0 Å². The first-order valence-electron chi connectivity index (χ1n) is 12.4. The topological polar surface area (TPSA) is 114 Å². The number of nitrogens with two attached hydrogens (primary N) is 1. The smallest absolute Gasteiger partial charge is 0.258 e. The van der Waals surface area contributed by atoms with Crippen molar-refractivity contribution in [2.45, 2.75) is 65.0 Å². The monoisotopic (exact) mass is 478 g/mol. The van der Waals surface area contributed by atoms with E-state index in [0.29, 0.717) is 47.9 Å².